The molecular weight excluding hydrogens is 338 g/mol. The van der Waals surface area contributed by atoms with E-state index in [0.29, 0.717) is 13.1 Å². The van der Waals surface area contributed by atoms with E-state index >= 15 is 0 Å². The van der Waals surface area contributed by atoms with Gasteiger partial charge in [-0.2, -0.15) is 0 Å². The number of carbonyl (C=O) groups is 2. The van der Waals surface area contributed by atoms with E-state index in [9.17, 15) is 9.59 Å². The Hall–Kier alpha value is -2.40. The number of hydrogen-bond acceptors (Lipinski definition) is 3. The number of fused-ring (bicyclic) bond motifs is 1. The van der Waals surface area contributed by atoms with Gasteiger partial charge in [-0.1, -0.05) is 50.2 Å². The van der Waals surface area contributed by atoms with E-state index < -0.39 is 0 Å². The average molecular weight is 367 g/mol. The molecule has 5 nitrogen and oxygen atoms in total. The fraction of sp³-hybridized carbons (Fsp3) is 0.455. The van der Waals surface area contributed by atoms with Crippen LogP contribution in [0.4, 0.5) is 5.69 Å². The Bertz CT molecular complexity index is 839. The Morgan fingerprint density at radius 1 is 1.19 bits per heavy atom. The maximum atomic E-state index is 12.7. The predicted molar refractivity (Wildman–Crippen MR) is 110 cm³/mol. The van der Waals surface area contributed by atoms with E-state index in [1.165, 1.54) is 0 Å². The minimum absolute atomic E-state index is 0.0130. The molecule has 27 heavy (non-hydrogen) atoms. The molecule has 2 aromatic rings. The van der Waals surface area contributed by atoms with Crippen molar-refractivity contribution in [3.8, 4) is 0 Å². The van der Waals surface area contributed by atoms with Crippen molar-refractivity contribution in [1.29, 1.82) is 0 Å². The summed E-state index contributed by atoms with van der Waals surface area (Å²) in [7, 11) is 4.06. The second-order valence-electron chi connectivity index (χ2n) is 8.52. The van der Waals surface area contributed by atoms with Gasteiger partial charge in [0.05, 0.1) is 11.6 Å². The molecule has 0 aliphatic carbocycles. The SMILES string of the molecule is CN(C)CC(C)(C)CNC(=O)C1CC(=O)N(c2cccc3ccccc23)C1. The van der Waals surface area contributed by atoms with Crippen molar-refractivity contribution in [1.82, 2.24) is 10.2 Å². The van der Waals surface area contributed by atoms with Crippen LogP contribution in [0.3, 0.4) is 0 Å². The lowest BCUT2D eigenvalue weighted by molar-refractivity contribution is -0.126. The van der Waals surface area contributed by atoms with E-state index in [4.69, 9.17) is 0 Å². The fourth-order valence-corrected chi connectivity index (χ4v) is 3.94. The number of carbonyl (C=O) groups excluding carboxylic acids is 2. The maximum Gasteiger partial charge on any atom is 0.227 e. The molecule has 1 unspecified atom stereocenters. The molecule has 1 aliphatic rings. The number of hydrogen-bond donors (Lipinski definition) is 1. The first kappa shape index (κ1) is 19.4. The summed E-state index contributed by atoms with van der Waals surface area (Å²) in [6, 6.07) is 14.0. The van der Waals surface area contributed by atoms with Crippen molar-refractivity contribution in [3.05, 3.63) is 42.5 Å². The summed E-state index contributed by atoms with van der Waals surface area (Å²) < 4.78 is 0. The predicted octanol–water partition coefficient (Wildman–Crippen LogP) is 2.90. The van der Waals surface area contributed by atoms with Crippen LogP contribution < -0.4 is 10.2 Å². The van der Waals surface area contributed by atoms with Crippen LogP contribution in [0.5, 0.6) is 0 Å². The second-order valence-corrected chi connectivity index (χ2v) is 8.52. The quantitative estimate of drug-likeness (QED) is 0.854. The monoisotopic (exact) mass is 367 g/mol. The number of benzene rings is 2. The first-order valence-corrected chi connectivity index (χ1v) is 9.47. The van der Waals surface area contributed by atoms with Crippen LogP contribution in [-0.2, 0) is 9.59 Å². The Balaban J connectivity index is 1.69. The van der Waals surface area contributed by atoms with E-state index in [2.05, 4.69) is 24.1 Å². The van der Waals surface area contributed by atoms with Gasteiger partial charge in [-0.15, -0.1) is 0 Å². The van der Waals surface area contributed by atoms with Gasteiger partial charge < -0.3 is 15.1 Å². The Kier molecular flexibility index (Phi) is 5.51. The van der Waals surface area contributed by atoms with Gasteiger partial charge in [-0.05, 0) is 31.0 Å². The number of anilines is 1. The molecule has 1 N–H and O–H groups in total. The Morgan fingerprint density at radius 3 is 2.63 bits per heavy atom. The summed E-state index contributed by atoms with van der Waals surface area (Å²) in [6.45, 7) is 6.19. The van der Waals surface area contributed by atoms with Gasteiger partial charge in [-0.25, -0.2) is 0 Å². The van der Waals surface area contributed by atoms with Gasteiger partial charge in [0.25, 0.3) is 0 Å². The average Bonchev–Trinajstić information content (AvgIpc) is 3.00. The molecule has 1 aliphatic heterocycles. The first-order chi connectivity index (χ1) is 12.8. The minimum atomic E-state index is -0.299. The second kappa shape index (κ2) is 7.69. The number of nitrogens with zero attached hydrogens (tertiary/aromatic N) is 2. The van der Waals surface area contributed by atoms with Crippen molar-refractivity contribution in [3.63, 3.8) is 0 Å². The van der Waals surface area contributed by atoms with Gasteiger partial charge in [0, 0.05) is 31.4 Å². The molecule has 0 spiro atoms. The van der Waals surface area contributed by atoms with Gasteiger partial charge in [-0.3, -0.25) is 9.59 Å². The highest BCUT2D eigenvalue weighted by Crippen LogP contribution is 2.31. The lowest BCUT2D eigenvalue weighted by Crippen LogP contribution is -2.42. The van der Waals surface area contributed by atoms with Crippen LogP contribution in [0.25, 0.3) is 10.8 Å². The van der Waals surface area contributed by atoms with Crippen molar-refractivity contribution in [2.75, 3.05) is 38.6 Å². The lowest BCUT2D eigenvalue weighted by Gasteiger charge is -2.29. The molecule has 1 saturated heterocycles. The minimum Gasteiger partial charge on any atom is -0.355 e. The normalized spacial score (nSPS) is 17.7. The third kappa shape index (κ3) is 4.48. The lowest BCUT2D eigenvalue weighted by atomic mass is 9.92. The topological polar surface area (TPSA) is 52.7 Å². The van der Waals surface area contributed by atoms with Crippen LogP contribution in [0, 0.1) is 11.3 Å². The smallest absolute Gasteiger partial charge is 0.227 e. The largest absolute Gasteiger partial charge is 0.355 e. The Labute approximate surface area is 161 Å². The molecule has 5 heteroatoms. The third-order valence-corrected chi connectivity index (χ3v) is 5.04. The molecule has 0 radical (unpaired) electrons. The number of rotatable bonds is 6. The molecule has 1 fully saturated rings. The van der Waals surface area contributed by atoms with Crippen LogP contribution in [0.1, 0.15) is 20.3 Å². The summed E-state index contributed by atoms with van der Waals surface area (Å²) in [5, 5.41) is 5.20. The zero-order valence-corrected chi connectivity index (χ0v) is 16.7. The molecule has 3 rings (SSSR count). The van der Waals surface area contributed by atoms with Crippen LogP contribution in [-0.4, -0.2) is 50.4 Å². The van der Waals surface area contributed by atoms with Gasteiger partial charge >= 0.3 is 0 Å². The number of nitrogens with one attached hydrogen (secondary N) is 1. The molecule has 0 saturated carbocycles. The molecule has 0 bridgehead atoms. The van der Waals surface area contributed by atoms with Crippen LogP contribution in [0.15, 0.2) is 42.5 Å². The number of amides is 2. The molecule has 2 aromatic carbocycles. The van der Waals surface area contributed by atoms with Crippen LogP contribution in [0.2, 0.25) is 0 Å². The maximum absolute atomic E-state index is 12.7. The third-order valence-electron chi connectivity index (χ3n) is 5.04. The fourth-order valence-electron chi connectivity index (χ4n) is 3.94. The van der Waals surface area contributed by atoms with Crippen molar-refractivity contribution < 1.29 is 9.59 Å². The van der Waals surface area contributed by atoms with Gasteiger partial charge in [0.1, 0.15) is 0 Å². The highest BCUT2D eigenvalue weighted by Gasteiger charge is 2.36. The van der Waals surface area contributed by atoms with Crippen LogP contribution >= 0.6 is 0 Å². The van der Waals surface area contributed by atoms with Crippen molar-refractivity contribution >= 4 is 28.3 Å². The Morgan fingerprint density at radius 2 is 1.89 bits per heavy atom. The van der Waals surface area contributed by atoms with E-state index in [0.717, 1.165) is 23.0 Å². The van der Waals surface area contributed by atoms with Crippen molar-refractivity contribution in [2.24, 2.45) is 11.3 Å². The zero-order chi connectivity index (χ0) is 19.6. The summed E-state index contributed by atoms with van der Waals surface area (Å²) in [6.07, 6.45) is 0.267. The highest BCUT2D eigenvalue weighted by molar-refractivity contribution is 6.06. The molecule has 0 aromatic heterocycles. The molecule has 1 atom stereocenters. The van der Waals surface area contributed by atoms with E-state index in [1.807, 2.05) is 56.6 Å². The van der Waals surface area contributed by atoms with E-state index in [1.54, 1.807) is 4.90 Å². The van der Waals surface area contributed by atoms with Gasteiger partial charge in [0.2, 0.25) is 11.8 Å². The summed E-state index contributed by atoms with van der Waals surface area (Å²) >= 11 is 0. The zero-order valence-electron chi connectivity index (χ0n) is 16.7. The van der Waals surface area contributed by atoms with Gasteiger partial charge in [0.15, 0.2) is 0 Å². The van der Waals surface area contributed by atoms with Crippen molar-refractivity contribution in [2.45, 2.75) is 20.3 Å². The van der Waals surface area contributed by atoms with E-state index in [-0.39, 0.29) is 29.6 Å². The molecule has 2 amide bonds. The summed E-state index contributed by atoms with van der Waals surface area (Å²) in [5.74, 6) is -0.316. The standard InChI is InChI=1S/C22H29N3O2/c1-22(2,15-24(3)4)14-23-21(27)17-12-20(26)25(13-17)19-11-7-9-16-8-5-6-10-18(16)19/h5-11,17H,12-15H2,1-4H3,(H,23,27). The molecule has 144 valence electrons. The molecular formula is C22H29N3O2. The summed E-state index contributed by atoms with van der Waals surface area (Å²) in [4.78, 5) is 29.2. The first-order valence-electron chi connectivity index (χ1n) is 9.47. The summed E-state index contributed by atoms with van der Waals surface area (Å²) in [5.41, 5.74) is 0.873. The molecule has 1 heterocycles. The highest BCUT2D eigenvalue weighted by atomic mass is 16.2.